The fourth-order valence-corrected chi connectivity index (χ4v) is 3.56. The number of anilines is 1. The zero-order chi connectivity index (χ0) is 20.6. The number of hydrogen-bond acceptors (Lipinski definition) is 3. The quantitative estimate of drug-likeness (QED) is 0.676. The monoisotopic (exact) mass is 394 g/mol. The van der Waals surface area contributed by atoms with Crippen LogP contribution in [0.15, 0.2) is 54.6 Å². The number of carbonyl (C=O) groups excluding carboxylic acids is 2. The largest absolute Gasteiger partial charge is 0.353 e. The molecule has 0 fully saturated rings. The molecule has 0 spiro atoms. The van der Waals surface area contributed by atoms with Crippen LogP contribution in [0.3, 0.4) is 0 Å². The van der Waals surface area contributed by atoms with Crippen LogP contribution >= 0.6 is 0 Å². The summed E-state index contributed by atoms with van der Waals surface area (Å²) >= 11 is 0. The number of carbonyl (C=O) groups is 2. The van der Waals surface area contributed by atoms with E-state index >= 15 is 0 Å². The zero-order valence-corrected chi connectivity index (χ0v) is 17.2. The van der Waals surface area contributed by atoms with Crippen molar-refractivity contribution in [2.75, 3.05) is 25.0 Å². The van der Waals surface area contributed by atoms with Crippen LogP contribution in [-0.2, 0) is 17.8 Å². The normalized spacial score (nSPS) is 14.7. The minimum Gasteiger partial charge on any atom is -0.353 e. The summed E-state index contributed by atoms with van der Waals surface area (Å²) in [5.74, 6) is -0.168. The third kappa shape index (κ3) is 6.06. The van der Waals surface area contributed by atoms with Gasteiger partial charge in [-0.15, -0.1) is 0 Å². The molecule has 0 radical (unpaired) electrons. The smallest absolute Gasteiger partial charge is 0.319 e. The molecule has 1 aliphatic heterocycles. The van der Waals surface area contributed by atoms with E-state index in [1.54, 1.807) is 12.1 Å². The molecule has 1 aliphatic rings. The summed E-state index contributed by atoms with van der Waals surface area (Å²) in [6, 6.07) is 16.8. The summed E-state index contributed by atoms with van der Waals surface area (Å²) < 4.78 is 0. The van der Waals surface area contributed by atoms with E-state index in [-0.39, 0.29) is 17.9 Å². The van der Waals surface area contributed by atoms with Crippen molar-refractivity contribution in [3.63, 3.8) is 0 Å². The van der Waals surface area contributed by atoms with Crippen LogP contribution in [0, 0.1) is 5.92 Å². The summed E-state index contributed by atoms with van der Waals surface area (Å²) in [4.78, 5) is 27.2. The first-order valence-electron chi connectivity index (χ1n) is 10.2. The molecule has 0 saturated carbocycles. The molecular weight excluding hydrogens is 364 g/mol. The van der Waals surface area contributed by atoms with Crippen LogP contribution in [0.5, 0.6) is 0 Å². The highest BCUT2D eigenvalue weighted by molar-refractivity contribution is 5.93. The maximum absolute atomic E-state index is 12.6. The van der Waals surface area contributed by atoms with Crippen molar-refractivity contribution in [1.29, 1.82) is 0 Å². The number of urea groups is 1. The van der Waals surface area contributed by atoms with Crippen LogP contribution in [0.1, 0.15) is 25.0 Å². The molecule has 3 N–H and O–H groups in total. The van der Waals surface area contributed by atoms with Gasteiger partial charge in [0.2, 0.25) is 5.91 Å². The highest BCUT2D eigenvalue weighted by atomic mass is 16.2. The first-order valence-corrected chi connectivity index (χ1v) is 10.2. The molecule has 0 bridgehead atoms. The Morgan fingerprint density at radius 2 is 1.69 bits per heavy atom. The Kier molecular flexibility index (Phi) is 7.25. The number of nitrogens with one attached hydrogen (secondary N) is 3. The van der Waals surface area contributed by atoms with Crippen molar-refractivity contribution in [1.82, 2.24) is 15.5 Å². The van der Waals surface area contributed by atoms with E-state index in [0.29, 0.717) is 12.2 Å². The van der Waals surface area contributed by atoms with E-state index < -0.39 is 6.04 Å². The standard InChI is InChI=1S/C23H30N4O2/c1-17(2)21(26-23(29)25-20-10-4-3-5-11-20)22(28)24-13-15-27-14-12-18-8-6-7-9-19(18)16-27/h3-11,17,21H,12-16H2,1-2H3,(H,24,28)(H2,25,26,29). The Hall–Kier alpha value is -2.86. The lowest BCUT2D eigenvalue weighted by Gasteiger charge is -2.29. The molecular formula is C23H30N4O2. The molecule has 3 amide bonds. The minimum atomic E-state index is -0.583. The average molecular weight is 395 g/mol. The van der Waals surface area contributed by atoms with Gasteiger partial charge >= 0.3 is 6.03 Å². The number of para-hydroxylation sites is 1. The van der Waals surface area contributed by atoms with Gasteiger partial charge in [0, 0.05) is 31.9 Å². The third-order valence-electron chi connectivity index (χ3n) is 5.20. The molecule has 154 valence electrons. The molecule has 0 saturated heterocycles. The van der Waals surface area contributed by atoms with Crippen molar-refractivity contribution < 1.29 is 9.59 Å². The van der Waals surface area contributed by atoms with Gasteiger partial charge in [-0.3, -0.25) is 9.69 Å². The maximum atomic E-state index is 12.6. The van der Waals surface area contributed by atoms with E-state index in [4.69, 9.17) is 0 Å². The van der Waals surface area contributed by atoms with Crippen molar-refractivity contribution in [2.45, 2.75) is 32.9 Å². The Balaban J connectivity index is 1.45. The molecule has 29 heavy (non-hydrogen) atoms. The molecule has 1 heterocycles. The number of rotatable bonds is 7. The van der Waals surface area contributed by atoms with Crippen LogP contribution in [0.25, 0.3) is 0 Å². The summed E-state index contributed by atoms with van der Waals surface area (Å²) in [6.07, 6.45) is 1.04. The number of hydrogen-bond donors (Lipinski definition) is 3. The lowest BCUT2D eigenvalue weighted by Crippen LogP contribution is -2.52. The van der Waals surface area contributed by atoms with Gasteiger partial charge in [-0.2, -0.15) is 0 Å². The summed E-state index contributed by atoms with van der Waals surface area (Å²) in [5, 5.41) is 8.53. The van der Waals surface area contributed by atoms with Crippen LogP contribution in [0.2, 0.25) is 0 Å². The molecule has 1 unspecified atom stereocenters. The molecule has 0 aliphatic carbocycles. The van der Waals surface area contributed by atoms with Crippen LogP contribution < -0.4 is 16.0 Å². The van der Waals surface area contributed by atoms with Gasteiger partial charge in [0.15, 0.2) is 0 Å². The van der Waals surface area contributed by atoms with E-state index in [0.717, 1.165) is 26.1 Å². The number of nitrogens with zero attached hydrogens (tertiary/aromatic N) is 1. The van der Waals surface area contributed by atoms with Gasteiger partial charge in [-0.25, -0.2) is 4.79 Å². The second-order valence-corrected chi connectivity index (χ2v) is 7.77. The van der Waals surface area contributed by atoms with Gasteiger partial charge in [0.05, 0.1) is 0 Å². The van der Waals surface area contributed by atoms with E-state index in [1.807, 2.05) is 32.0 Å². The molecule has 6 nitrogen and oxygen atoms in total. The Bertz CT molecular complexity index is 823. The lowest BCUT2D eigenvalue weighted by atomic mass is 10.00. The Morgan fingerprint density at radius 3 is 2.41 bits per heavy atom. The highest BCUT2D eigenvalue weighted by Gasteiger charge is 2.24. The van der Waals surface area contributed by atoms with Gasteiger partial charge in [0.25, 0.3) is 0 Å². The summed E-state index contributed by atoms with van der Waals surface area (Å²) in [5.41, 5.74) is 3.48. The first-order chi connectivity index (χ1) is 14.0. The van der Waals surface area contributed by atoms with Crippen LogP contribution in [-0.4, -0.2) is 42.5 Å². The molecule has 0 aromatic heterocycles. The van der Waals surface area contributed by atoms with Gasteiger partial charge < -0.3 is 16.0 Å². The van der Waals surface area contributed by atoms with Gasteiger partial charge in [-0.05, 0) is 35.6 Å². The SMILES string of the molecule is CC(C)C(NC(=O)Nc1ccccc1)C(=O)NCCN1CCc2ccccc2C1. The molecule has 1 atom stereocenters. The predicted octanol–water partition coefficient (Wildman–Crippen LogP) is 3.01. The second kappa shape index (κ2) is 10.1. The molecule has 2 aromatic rings. The third-order valence-corrected chi connectivity index (χ3v) is 5.20. The average Bonchev–Trinajstić information content (AvgIpc) is 2.72. The van der Waals surface area contributed by atoms with E-state index in [9.17, 15) is 9.59 Å². The predicted molar refractivity (Wildman–Crippen MR) is 116 cm³/mol. The van der Waals surface area contributed by atoms with E-state index in [1.165, 1.54) is 11.1 Å². The van der Waals surface area contributed by atoms with Crippen molar-refractivity contribution >= 4 is 17.6 Å². The Labute approximate surface area is 172 Å². The summed E-state index contributed by atoms with van der Waals surface area (Å²) in [6.45, 7) is 7.12. The molecule has 6 heteroatoms. The number of amides is 3. The minimum absolute atomic E-state index is 0.0154. The Morgan fingerprint density at radius 1 is 1.00 bits per heavy atom. The van der Waals surface area contributed by atoms with Gasteiger partial charge in [-0.1, -0.05) is 56.3 Å². The first kappa shape index (κ1) is 20.9. The van der Waals surface area contributed by atoms with Crippen molar-refractivity contribution in [3.8, 4) is 0 Å². The molecule has 2 aromatic carbocycles. The van der Waals surface area contributed by atoms with Gasteiger partial charge in [0.1, 0.15) is 6.04 Å². The summed E-state index contributed by atoms with van der Waals surface area (Å²) in [7, 11) is 0. The van der Waals surface area contributed by atoms with Crippen molar-refractivity contribution in [3.05, 3.63) is 65.7 Å². The maximum Gasteiger partial charge on any atom is 0.319 e. The lowest BCUT2D eigenvalue weighted by molar-refractivity contribution is -0.123. The number of benzene rings is 2. The molecule has 3 rings (SSSR count). The van der Waals surface area contributed by atoms with Crippen molar-refractivity contribution in [2.24, 2.45) is 5.92 Å². The number of fused-ring (bicyclic) bond motifs is 1. The topological polar surface area (TPSA) is 73.5 Å². The second-order valence-electron chi connectivity index (χ2n) is 7.77. The van der Waals surface area contributed by atoms with E-state index in [2.05, 4.69) is 45.1 Å². The zero-order valence-electron chi connectivity index (χ0n) is 17.2. The fourth-order valence-electron chi connectivity index (χ4n) is 3.56. The highest BCUT2D eigenvalue weighted by Crippen LogP contribution is 2.17. The fraction of sp³-hybridized carbons (Fsp3) is 0.391. The van der Waals surface area contributed by atoms with Crippen LogP contribution in [0.4, 0.5) is 10.5 Å².